The number of halogens is 2. The number of carbonyl (C=O) groups is 1. The zero-order valence-electron chi connectivity index (χ0n) is 20.2. The fourth-order valence-electron chi connectivity index (χ4n) is 4.31. The Morgan fingerprint density at radius 2 is 1.73 bits per heavy atom. The Bertz CT molecular complexity index is 1330. The average molecular weight is 543 g/mol. The number of amides is 1. The molecule has 1 amide bonds. The lowest BCUT2D eigenvalue weighted by atomic mass is 9.93. The number of hydrogen-bond acceptors (Lipinski definition) is 5. The van der Waals surface area contributed by atoms with Crippen LogP contribution in [0.3, 0.4) is 0 Å². The first-order valence-corrected chi connectivity index (χ1v) is 12.5. The number of aliphatic hydroxyl groups excluding tert-OH is 2. The van der Waals surface area contributed by atoms with Gasteiger partial charge in [-0.1, -0.05) is 35.3 Å². The number of benzene rings is 3. The maximum Gasteiger partial charge on any atom is 0.210 e. The van der Waals surface area contributed by atoms with Crippen LogP contribution < -0.4 is 9.47 Å². The van der Waals surface area contributed by atoms with Crippen molar-refractivity contribution < 1.29 is 24.5 Å². The highest BCUT2D eigenvalue weighted by Gasteiger charge is 2.31. The number of H-pyrrole nitrogens is 1. The molecule has 7 nitrogen and oxygen atoms in total. The van der Waals surface area contributed by atoms with Gasteiger partial charge in [0.2, 0.25) is 6.41 Å². The first-order valence-electron chi connectivity index (χ1n) is 11.8. The molecule has 5 rings (SSSR count). The van der Waals surface area contributed by atoms with E-state index in [0.29, 0.717) is 17.3 Å². The number of rotatable bonds is 7. The van der Waals surface area contributed by atoms with E-state index < -0.39 is 6.10 Å². The summed E-state index contributed by atoms with van der Waals surface area (Å²) in [6, 6.07) is 20.2. The number of aromatic amines is 1. The molecule has 0 saturated heterocycles. The van der Waals surface area contributed by atoms with Crippen molar-refractivity contribution in [1.29, 1.82) is 0 Å². The monoisotopic (exact) mass is 542 g/mol. The lowest BCUT2D eigenvalue weighted by molar-refractivity contribution is -0.120. The van der Waals surface area contributed by atoms with Crippen molar-refractivity contribution in [2.75, 3.05) is 26.9 Å². The molecule has 9 heteroatoms. The normalized spacial score (nSPS) is 15.4. The molecule has 0 saturated carbocycles. The minimum absolute atomic E-state index is 0.0205. The van der Waals surface area contributed by atoms with Gasteiger partial charge in [0.25, 0.3) is 0 Å². The van der Waals surface area contributed by atoms with Gasteiger partial charge < -0.3 is 29.6 Å². The summed E-state index contributed by atoms with van der Waals surface area (Å²) in [7, 11) is 1.63. The van der Waals surface area contributed by atoms with Gasteiger partial charge in [-0.05, 0) is 72.1 Å². The van der Waals surface area contributed by atoms with Crippen LogP contribution in [0.1, 0.15) is 22.9 Å². The van der Waals surface area contributed by atoms with Gasteiger partial charge in [0, 0.05) is 33.2 Å². The SMILES string of the molecule is COc1ccc(Cl)cc1.O=CN1CCc2c([nH]c3ccc(Cl)cc23)C1c1ccc(OC[C@H](O)CO)cc1. The van der Waals surface area contributed by atoms with Crippen LogP contribution in [0.2, 0.25) is 10.0 Å². The van der Waals surface area contributed by atoms with Gasteiger partial charge in [0.1, 0.15) is 24.2 Å². The summed E-state index contributed by atoms with van der Waals surface area (Å²) < 4.78 is 10.4. The minimum atomic E-state index is -0.913. The molecule has 0 fully saturated rings. The largest absolute Gasteiger partial charge is 0.497 e. The average Bonchev–Trinajstić information content (AvgIpc) is 3.30. The Balaban J connectivity index is 0.000000301. The van der Waals surface area contributed by atoms with E-state index in [9.17, 15) is 9.90 Å². The van der Waals surface area contributed by atoms with Gasteiger partial charge in [0.05, 0.1) is 19.8 Å². The number of carbonyl (C=O) groups excluding carboxylic acids is 1. The number of nitrogens with one attached hydrogen (secondary N) is 1. The zero-order valence-corrected chi connectivity index (χ0v) is 21.7. The molecule has 0 spiro atoms. The van der Waals surface area contributed by atoms with Gasteiger partial charge in [0.15, 0.2) is 0 Å². The van der Waals surface area contributed by atoms with Crippen molar-refractivity contribution >= 4 is 40.5 Å². The summed E-state index contributed by atoms with van der Waals surface area (Å²) in [6.07, 6.45) is 0.739. The fraction of sp³-hybridized carbons (Fsp3) is 0.250. The van der Waals surface area contributed by atoms with Gasteiger partial charge in [-0.15, -0.1) is 0 Å². The third-order valence-electron chi connectivity index (χ3n) is 6.16. The van der Waals surface area contributed by atoms with Crippen molar-refractivity contribution in [1.82, 2.24) is 9.88 Å². The van der Waals surface area contributed by atoms with Crippen molar-refractivity contribution in [3.63, 3.8) is 0 Å². The number of hydrogen-bond donors (Lipinski definition) is 3. The van der Waals surface area contributed by atoms with Gasteiger partial charge in [-0.2, -0.15) is 0 Å². The van der Waals surface area contributed by atoms with E-state index in [1.807, 2.05) is 42.5 Å². The summed E-state index contributed by atoms with van der Waals surface area (Å²) in [5.41, 5.74) is 4.15. The third-order valence-corrected chi connectivity index (χ3v) is 6.65. The van der Waals surface area contributed by atoms with Crippen LogP contribution in [-0.2, 0) is 11.2 Å². The van der Waals surface area contributed by atoms with E-state index >= 15 is 0 Å². The third kappa shape index (κ3) is 6.37. The fourth-order valence-corrected chi connectivity index (χ4v) is 4.61. The van der Waals surface area contributed by atoms with E-state index in [2.05, 4.69) is 4.98 Å². The molecule has 1 aliphatic rings. The van der Waals surface area contributed by atoms with E-state index in [4.69, 9.17) is 37.8 Å². The summed E-state index contributed by atoms with van der Waals surface area (Å²) in [6.45, 7) is 0.301. The quantitative estimate of drug-likeness (QED) is 0.285. The summed E-state index contributed by atoms with van der Waals surface area (Å²) in [5, 5.41) is 20.8. The first-order chi connectivity index (χ1) is 17.9. The lowest BCUT2D eigenvalue weighted by Gasteiger charge is -2.33. The Labute approximate surface area is 225 Å². The Morgan fingerprint density at radius 1 is 1.05 bits per heavy atom. The van der Waals surface area contributed by atoms with Crippen LogP contribution in [-0.4, -0.2) is 59.5 Å². The van der Waals surface area contributed by atoms with Crippen molar-refractivity contribution in [3.8, 4) is 11.5 Å². The van der Waals surface area contributed by atoms with Crippen molar-refractivity contribution in [3.05, 3.63) is 93.6 Å². The van der Waals surface area contributed by atoms with E-state index in [1.165, 1.54) is 5.56 Å². The van der Waals surface area contributed by atoms with E-state index in [-0.39, 0.29) is 19.3 Å². The molecule has 3 N–H and O–H groups in total. The topological polar surface area (TPSA) is 95.0 Å². The molecule has 4 aromatic rings. The van der Waals surface area contributed by atoms with Crippen molar-refractivity contribution in [2.45, 2.75) is 18.6 Å². The smallest absolute Gasteiger partial charge is 0.210 e. The van der Waals surface area contributed by atoms with E-state index in [0.717, 1.165) is 45.8 Å². The number of ether oxygens (including phenoxy) is 2. The molecular formula is C28H28Cl2N2O5. The van der Waals surface area contributed by atoms with Gasteiger partial charge >= 0.3 is 0 Å². The minimum Gasteiger partial charge on any atom is -0.497 e. The number of aromatic nitrogens is 1. The number of methoxy groups -OCH3 is 1. The van der Waals surface area contributed by atoms with Crippen LogP contribution in [0.4, 0.5) is 0 Å². The predicted octanol–water partition coefficient (Wildman–Crippen LogP) is 5.01. The standard InChI is InChI=1S/C21H21ClN2O4.C7H7ClO/c22-14-3-6-19-18(9-14)17-7-8-24(12-26)21(20(17)23-19)13-1-4-16(5-2-13)28-11-15(27)10-25;1-9-7-4-2-6(8)3-5-7/h1-6,9,12,15,21,23,25,27H,7-8,10-11H2;2-5H,1H3/t15-,21?;/m1./s1. The molecule has 37 heavy (non-hydrogen) atoms. The highest BCUT2D eigenvalue weighted by Crippen LogP contribution is 2.38. The number of aliphatic hydroxyl groups is 2. The molecular weight excluding hydrogens is 515 g/mol. The second-order valence-electron chi connectivity index (χ2n) is 8.58. The summed E-state index contributed by atoms with van der Waals surface area (Å²) in [4.78, 5) is 17.0. The Kier molecular flexibility index (Phi) is 8.95. The second kappa shape index (κ2) is 12.3. The van der Waals surface area contributed by atoms with Gasteiger partial charge in [-0.25, -0.2) is 0 Å². The molecule has 1 unspecified atom stereocenters. The lowest BCUT2D eigenvalue weighted by Crippen LogP contribution is -2.34. The Morgan fingerprint density at radius 3 is 2.38 bits per heavy atom. The molecule has 1 aromatic heterocycles. The maximum absolute atomic E-state index is 11.7. The van der Waals surface area contributed by atoms with Crippen LogP contribution in [0.15, 0.2) is 66.7 Å². The van der Waals surface area contributed by atoms with Crippen LogP contribution in [0.25, 0.3) is 10.9 Å². The highest BCUT2D eigenvalue weighted by atomic mass is 35.5. The first kappa shape index (κ1) is 26.8. The van der Waals surface area contributed by atoms with Crippen LogP contribution >= 0.6 is 23.2 Å². The zero-order chi connectivity index (χ0) is 26.4. The van der Waals surface area contributed by atoms with Crippen LogP contribution in [0, 0.1) is 0 Å². The number of fused-ring (bicyclic) bond motifs is 3. The van der Waals surface area contributed by atoms with E-state index in [1.54, 1.807) is 36.3 Å². The number of nitrogens with zero attached hydrogens (tertiary/aromatic N) is 1. The maximum atomic E-state index is 11.7. The summed E-state index contributed by atoms with van der Waals surface area (Å²) in [5.74, 6) is 1.42. The molecule has 3 aromatic carbocycles. The van der Waals surface area contributed by atoms with Crippen LogP contribution in [0.5, 0.6) is 11.5 Å². The highest BCUT2D eigenvalue weighted by molar-refractivity contribution is 6.31. The molecule has 0 radical (unpaired) electrons. The molecule has 0 bridgehead atoms. The second-order valence-corrected chi connectivity index (χ2v) is 9.45. The molecule has 0 aliphatic carbocycles. The van der Waals surface area contributed by atoms with Gasteiger partial charge in [-0.3, -0.25) is 4.79 Å². The molecule has 1 aliphatic heterocycles. The summed E-state index contributed by atoms with van der Waals surface area (Å²) >= 11 is 11.8. The molecule has 2 atom stereocenters. The molecule has 2 heterocycles. The molecule has 194 valence electrons. The van der Waals surface area contributed by atoms with Crippen molar-refractivity contribution in [2.24, 2.45) is 0 Å². The predicted molar refractivity (Wildman–Crippen MR) is 145 cm³/mol. The Hall–Kier alpha value is -3.23.